The molecule has 0 aliphatic rings. The lowest BCUT2D eigenvalue weighted by Crippen LogP contribution is -2.40. The number of amides is 2. The van der Waals surface area contributed by atoms with Crippen molar-refractivity contribution in [1.29, 1.82) is 0 Å². The molecule has 1 atom stereocenters. The Bertz CT molecular complexity index is 1120. The van der Waals surface area contributed by atoms with E-state index in [2.05, 4.69) is 9.72 Å². The lowest BCUT2D eigenvalue weighted by Gasteiger charge is -2.12. The number of rotatable bonds is 5. The van der Waals surface area contributed by atoms with Crippen molar-refractivity contribution in [2.45, 2.75) is 19.6 Å². The Labute approximate surface area is 168 Å². The fourth-order valence-electron chi connectivity index (χ4n) is 2.50. The number of nitrogens with one attached hydrogen (secondary N) is 1. The lowest BCUT2D eigenvalue weighted by molar-refractivity contribution is -0.155. The Morgan fingerprint density at radius 1 is 1.24 bits per heavy atom. The number of hydrogen-bond acceptors (Lipinski definition) is 8. The van der Waals surface area contributed by atoms with Crippen LogP contribution in [-0.4, -0.2) is 40.7 Å². The van der Waals surface area contributed by atoms with Gasteiger partial charge in [0.15, 0.2) is 6.10 Å². The summed E-state index contributed by atoms with van der Waals surface area (Å²) in [6.07, 6.45) is -0.939. The smallest absolute Gasteiger partial charge is 0.413 e. The molecule has 2 heterocycles. The monoisotopic (exact) mass is 415 g/mol. The highest BCUT2D eigenvalue weighted by molar-refractivity contribution is 7.21. The molecule has 29 heavy (non-hydrogen) atoms. The number of thiophene rings is 1. The molecule has 0 unspecified atom stereocenters. The molecule has 2 amide bonds. The van der Waals surface area contributed by atoms with Crippen LogP contribution in [0.15, 0.2) is 47.5 Å². The van der Waals surface area contributed by atoms with Gasteiger partial charge in [-0.15, -0.1) is 11.3 Å². The summed E-state index contributed by atoms with van der Waals surface area (Å²) in [5.74, 6) is -1.66. The largest absolute Gasteiger partial charge is 0.453 e. The number of alkyl carbamates (subject to hydrolysis) is 1. The maximum absolute atomic E-state index is 12.7. The molecule has 10 heteroatoms. The summed E-state index contributed by atoms with van der Waals surface area (Å²) in [4.78, 5) is 53.2. The van der Waals surface area contributed by atoms with Gasteiger partial charge in [0.1, 0.15) is 11.4 Å². The summed E-state index contributed by atoms with van der Waals surface area (Å²) in [7, 11) is 1.10. The predicted octanol–water partition coefficient (Wildman–Crippen LogP) is 1.94. The maximum atomic E-state index is 12.7. The van der Waals surface area contributed by atoms with Gasteiger partial charge in [0.05, 0.1) is 18.8 Å². The number of ether oxygens (including phenoxy) is 2. The Morgan fingerprint density at radius 2 is 1.97 bits per heavy atom. The van der Waals surface area contributed by atoms with E-state index in [1.165, 1.54) is 24.6 Å². The van der Waals surface area contributed by atoms with Gasteiger partial charge in [-0.25, -0.2) is 9.78 Å². The van der Waals surface area contributed by atoms with Gasteiger partial charge in [0.25, 0.3) is 11.5 Å². The van der Waals surface area contributed by atoms with Gasteiger partial charge in [-0.2, -0.15) is 0 Å². The molecule has 1 aromatic carbocycles. The van der Waals surface area contributed by atoms with E-state index in [9.17, 15) is 19.2 Å². The highest BCUT2D eigenvalue weighted by Crippen LogP contribution is 2.30. The number of carbonyl (C=O) groups is 3. The van der Waals surface area contributed by atoms with Crippen molar-refractivity contribution in [2.24, 2.45) is 0 Å². The fourth-order valence-corrected chi connectivity index (χ4v) is 3.49. The number of hydrogen-bond donors (Lipinski definition) is 1. The van der Waals surface area contributed by atoms with Crippen molar-refractivity contribution in [3.63, 3.8) is 0 Å². The molecule has 0 aliphatic carbocycles. The minimum absolute atomic E-state index is 0.389. The first-order valence-corrected chi connectivity index (χ1v) is 9.33. The van der Waals surface area contributed by atoms with Gasteiger partial charge >= 0.3 is 12.1 Å². The summed E-state index contributed by atoms with van der Waals surface area (Å²) < 4.78 is 10.4. The van der Waals surface area contributed by atoms with Crippen molar-refractivity contribution < 1.29 is 23.9 Å². The number of esters is 1. The van der Waals surface area contributed by atoms with E-state index in [-0.39, 0.29) is 0 Å². The molecule has 3 aromatic rings. The van der Waals surface area contributed by atoms with Gasteiger partial charge in [-0.05, 0) is 18.6 Å². The maximum Gasteiger partial charge on any atom is 0.413 e. The third kappa shape index (κ3) is 4.66. The molecule has 2 aromatic heterocycles. The molecule has 0 saturated heterocycles. The molecule has 1 N–H and O–H groups in total. The highest BCUT2D eigenvalue weighted by Gasteiger charge is 2.21. The second kappa shape index (κ2) is 8.65. The van der Waals surface area contributed by atoms with Crippen molar-refractivity contribution in [3.8, 4) is 10.4 Å². The second-order valence-electron chi connectivity index (χ2n) is 5.99. The molecule has 0 aliphatic heterocycles. The molecule has 0 radical (unpaired) electrons. The van der Waals surface area contributed by atoms with E-state index in [0.29, 0.717) is 10.2 Å². The number of imide groups is 1. The second-order valence-corrected chi connectivity index (χ2v) is 7.02. The van der Waals surface area contributed by atoms with Gasteiger partial charge in [-0.1, -0.05) is 30.3 Å². The van der Waals surface area contributed by atoms with Crippen molar-refractivity contribution in [3.05, 3.63) is 53.1 Å². The topological polar surface area (TPSA) is 117 Å². The zero-order chi connectivity index (χ0) is 21.0. The molecular formula is C19H17N3O6S. The van der Waals surface area contributed by atoms with Crippen molar-refractivity contribution in [1.82, 2.24) is 14.9 Å². The van der Waals surface area contributed by atoms with Crippen LogP contribution in [0.4, 0.5) is 4.79 Å². The first-order chi connectivity index (χ1) is 13.9. The van der Waals surface area contributed by atoms with E-state index in [1.54, 1.807) is 6.07 Å². The molecule has 0 fully saturated rings. The summed E-state index contributed by atoms with van der Waals surface area (Å²) in [6.45, 7) is 0.875. The molecule has 0 saturated carbocycles. The number of benzene rings is 1. The third-order valence-electron chi connectivity index (χ3n) is 3.96. The zero-order valence-corrected chi connectivity index (χ0v) is 16.4. The predicted molar refractivity (Wildman–Crippen MR) is 105 cm³/mol. The average Bonchev–Trinajstić information content (AvgIpc) is 3.15. The van der Waals surface area contributed by atoms with Gasteiger partial charge in [-0.3, -0.25) is 24.3 Å². The minimum atomic E-state index is -1.24. The number of methoxy groups -OCH3 is 1. The quantitative estimate of drug-likeness (QED) is 0.633. The van der Waals surface area contributed by atoms with Gasteiger partial charge in [0, 0.05) is 4.88 Å². The normalized spacial score (nSPS) is 11.7. The summed E-state index contributed by atoms with van der Waals surface area (Å²) in [5, 5.41) is 2.29. The first-order valence-electron chi connectivity index (χ1n) is 8.51. The van der Waals surface area contributed by atoms with Crippen LogP contribution in [0.2, 0.25) is 0 Å². The van der Waals surface area contributed by atoms with E-state index in [0.717, 1.165) is 22.1 Å². The first kappa shape index (κ1) is 20.2. The SMILES string of the molecule is COC(=O)NC(=O)[C@@H](C)OC(=O)Cn1cnc2sc(-c3ccccc3)cc2c1=O. The van der Waals surface area contributed by atoms with Crippen LogP contribution in [0, 0.1) is 0 Å². The molecule has 9 nitrogen and oxygen atoms in total. The van der Waals surface area contributed by atoms with E-state index < -0.39 is 36.2 Å². The number of nitrogens with zero attached hydrogens (tertiary/aromatic N) is 2. The minimum Gasteiger partial charge on any atom is -0.453 e. The third-order valence-corrected chi connectivity index (χ3v) is 5.06. The number of carbonyl (C=O) groups excluding carboxylic acids is 3. The standard InChI is InChI=1S/C19H17N3O6S/c1-11(16(24)21-19(26)27-2)28-15(23)9-22-10-20-17-13(18(22)25)8-14(29-17)12-6-4-3-5-7-12/h3-8,10-11H,9H2,1-2H3,(H,21,24,26)/t11-/m1/s1. The van der Waals surface area contributed by atoms with Crippen LogP contribution in [0.5, 0.6) is 0 Å². The summed E-state index contributed by atoms with van der Waals surface area (Å²) >= 11 is 1.38. The van der Waals surface area contributed by atoms with Crippen LogP contribution in [0.1, 0.15) is 6.92 Å². The zero-order valence-electron chi connectivity index (χ0n) is 15.6. The Hall–Kier alpha value is -3.53. The molecule has 150 valence electrons. The summed E-state index contributed by atoms with van der Waals surface area (Å²) in [5.41, 5.74) is 0.573. The molecule has 3 rings (SSSR count). The van der Waals surface area contributed by atoms with E-state index >= 15 is 0 Å². The van der Waals surface area contributed by atoms with Crippen LogP contribution >= 0.6 is 11.3 Å². The highest BCUT2D eigenvalue weighted by atomic mass is 32.1. The lowest BCUT2D eigenvalue weighted by atomic mass is 10.2. The van der Waals surface area contributed by atoms with Gasteiger partial charge in [0.2, 0.25) is 0 Å². The van der Waals surface area contributed by atoms with Crippen molar-refractivity contribution >= 4 is 39.5 Å². The average molecular weight is 415 g/mol. The van der Waals surface area contributed by atoms with Crippen LogP contribution in [0.3, 0.4) is 0 Å². The van der Waals surface area contributed by atoms with E-state index in [4.69, 9.17) is 4.74 Å². The number of fused-ring (bicyclic) bond motifs is 1. The Kier molecular flexibility index (Phi) is 6.03. The molecular weight excluding hydrogens is 398 g/mol. The number of aromatic nitrogens is 2. The Morgan fingerprint density at radius 3 is 2.66 bits per heavy atom. The molecule has 0 spiro atoms. The fraction of sp³-hybridized carbons (Fsp3) is 0.211. The van der Waals surface area contributed by atoms with Crippen LogP contribution in [-0.2, 0) is 25.6 Å². The van der Waals surface area contributed by atoms with Gasteiger partial charge < -0.3 is 9.47 Å². The van der Waals surface area contributed by atoms with Crippen molar-refractivity contribution in [2.75, 3.05) is 7.11 Å². The van der Waals surface area contributed by atoms with Crippen LogP contribution < -0.4 is 10.9 Å². The Balaban J connectivity index is 1.74. The summed E-state index contributed by atoms with van der Waals surface area (Å²) in [6, 6.07) is 11.3. The molecule has 0 bridgehead atoms. The van der Waals surface area contributed by atoms with E-state index in [1.807, 2.05) is 35.6 Å². The van der Waals surface area contributed by atoms with Crippen LogP contribution in [0.25, 0.3) is 20.7 Å².